The van der Waals surface area contributed by atoms with Gasteiger partial charge in [-0.05, 0) is 71.4 Å². The molecule has 2 aromatic rings. The third kappa shape index (κ3) is 9.59. The lowest BCUT2D eigenvalue weighted by Crippen LogP contribution is -2.15. The summed E-state index contributed by atoms with van der Waals surface area (Å²) in [6.07, 6.45) is 4.97. The maximum Gasteiger partial charge on any atom is 0.694 e. The summed E-state index contributed by atoms with van der Waals surface area (Å²) in [7, 11) is -2.49. The zero-order valence-electron chi connectivity index (χ0n) is 15.9. The lowest BCUT2D eigenvalue weighted by molar-refractivity contribution is 0.276. The Hall–Kier alpha value is -1.54. The van der Waals surface area contributed by atoms with E-state index in [0.717, 1.165) is 54.4 Å². The lowest BCUT2D eigenvalue weighted by Gasteiger charge is -2.05. The average molecular weight is 463 g/mol. The second-order valence-corrected chi connectivity index (χ2v) is 8.00. The van der Waals surface area contributed by atoms with E-state index in [1.807, 2.05) is 12.1 Å². The maximum atomic E-state index is 10.4. The predicted molar refractivity (Wildman–Crippen MR) is 117 cm³/mol. The van der Waals surface area contributed by atoms with E-state index in [0.29, 0.717) is 6.42 Å². The van der Waals surface area contributed by atoms with Crippen LogP contribution in [0.4, 0.5) is 0 Å². The van der Waals surface area contributed by atoms with Crippen LogP contribution < -0.4 is 5.32 Å². The molecule has 4 nitrogen and oxygen atoms in total. The second-order valence-electron chi connectivity index (χ2n) is 6.41. The highest BCUT2D eigenvalue weighted by Gasteiger charge is 2.09. The van der Waals surface area contributed by atoms with Crippen molar-refractivity contribution in [2.75, 3.05) is 13.2 Å². The number of hydrogen-bond donors (Lipinski definition) is 2. The van der Waals surface area contributed by atoms with Gasteiger partial charge in [-0.1, -0.05) is 48.2 Å². The summed E-state index contributed by atoms with van der Waals surface area (Å²) in [6.45, 7) is 1.74. The minimum absolute atomic E-state index is 0.280. The molecule has 0 radical (unpaired) electrons. The van der Waals surface area contributed by atoms with Crippen LogP contribution in [0.3, 0.4) is 0 Å². The Morgan fingerprint density at radius 2 is 1.89 bits per heavy atom. The van der Waals surface area contributed by atoms with Crippen molar-refractivity contribution < 1.29 is 14.0 Å². The van der Waals surface area contributed by atoms with Gasteiger partial charge in [-0.2, -0.15) is 0 Å². The molecule has 0 bridgehead atoms. The summed E-state index contributed by atoms with van der Waals surface area (Å²) in [5.74, 6) is 6.52. The van der Waals surface area contributed by atoms with Gasteiger partial charge in [0.1, 0.15) is 6.61 Å². The first-order valence-electron chi connectivity index (χ1n) is 9.46. The largest absolute Gasteiger partial charge is 0.694 e. The molecule has 2 aromatic carbocycles. The average Bonchev–Trinajstić information content (AvgIpc) is 2.69. The molecule has 0 saturated carbocycles. The molecular weight excluding hydrogens is 437 g/mol. The molecule has 0 spiro atoms. The van der Waals surface area contributed by atoms with E-state index in [1.54, 1.807) is 0 Å². The highest BCUT2D eigenvalue weighted by molar-refractivity contribution is 9.10. The summed E-state index contributed by atoms with van der Waals surface area (Å²) in [6, 6.07) is 16.7. The molecule has 1 unspecified atom stereocenters. The van der Waals surface area contributed by atoms with Crippen molar-refractivity contribution in [2.45, 2.75) is 38.6 Å². The van der Waals surface area contributed by atoms with Crippen molar-refractivity contribution in [1.29, 1.82) is 0 Å². The van der Waals surface area contributed by atoms with E-state index in [2.05, 4.69) is 74.0 Å². The highest BCUT2D eigenvalue weighted by atomic mass is 79.9. The zero-order chi connectivity index (χ0) is 20.0. The standard InChI is InChI=1S/C22H25BrNO3P/c23-22-17-20(18-24-15-8-16-27-28(25)26)13-14-21(22)12-7-2-1-4-9-19-10-5-3-6-11-19/h3,5-6,10-11,13-14,17,24H,1-2,4,8-9,15-16,18H2/p+1. The summed E-state index contributed by atoms with van der Waals surface area (Å²) in [4.78, 5) is 8.55. The molecule has 0 amide bonds. The molecular formula is C22H26BrNO3P+. The van der Waals surface area contributed by atoms with E-state index in [1.165, 1.54) is 5.56 Å². The normalized spacial score (nSPS) is 11.0. The van der Waals surface area contributed by atoms with Crippen LogP contribution >= 0.6 is 24.2 Å². The van der Waals surface area contributed by atoms with Crippen molar-refractivity contribution in [3.63, 3.8) is 0 Å². The minimum atomic E-state index is -2.49. The molecule has 0 aliphatic heterocycles. The van der Waals surface area contributed by atoms with Crippen molar-refractivity contribution >= 4 is 24.2 Å². The quantitative estimate of drug-likeness (QED) is 0.268. The molecule has 2 N–H and O–H groups in total. The molecule has 0 aliphatic carbocycles. The van der Waals surface area contributed by atoms with Crippen LogP contribution in [-0.4, -0.2) is 18.0 Å². The van der Waals surface area contributed by atoms with Gasteiger partial charge in [0.15, 0.2) is 0 Å². The number of nitrogens with one attached hydrogen (secondary N) is 1. The van der Waals surface area contributed by atoms with E-state index >= 15 is 0 Å². The maximum absolute atomic E-state index is 10.4. The van der Waals surface area contributed by atoms with Crippen molar-refractivity contribution in [3.8, 4) is 11.8 Å². The van der Waals surface area contributed by atoms with Gasteiger partial charge >= 0.3 is 8.25 Å². The summed E-state index contributed by atoms with van der Waals surface area (Å²) in [5, 5.41) is 3.29. The number of halogens is 1. The van der Waals surface area contributed by atoms with Gasteiger partial charge in [0, 0.05) is 27.6 Å². The molecule has 0 aliphatic rings. The zero-order valence-corrected chi connectivity index (χ0v) is 18.3. The van der Waals surface area contributed by atoms with Gasteiger partial charge in [0.05, 0.1) is 0 Å². The SMILES string of the molecule is O=[P+](O)OCCCNCc1ccc(C#CCCCCc2ccccc2)c(Br)c1. The van der Waals surface area contributed by atoms with Crippen LogP contribution in [0.2, 0.25) is 0 Å². The molecule has 1 atom stereocenters. The second kappa shape index (κ2) is 13.6. The third-order valence-electron chi connectivity index (χ3n) is 4.15. The molecule has 0 fully saturated rings. The van der Waals surface area contributed by atoms with Crippen molar-refractivity contribution in [1.82, 2.24) is 5.32 Å². The van der Waals surface area contributed by atoms with Gasteiger partial charge in [-0.3, -0.25) is 0 Å². The number of benzene rings is 2. The Morgan fingerprint density at radius 1 is 1.07 bits per heavy atom. The van der Waals surface area contributed by atoms with Crippen LogP contribution in [0.15, 0.2) is 53.0 Å². The highest BCUT2D eigenvalue weighted by Crippen LogP contribution is 2.18. The number of aryl methyl sites for hydroxylation is 1. The Balaban J connectivity index is 1.66. The predicted octanol–water partition coefficient (Wildman–Crippen LogP) is 5.36. The van der Waals surface area contributed by atoms with Gasteiger partial charge in [0.2, 0.25) is 0 Å². The van der Waals surface area contributed by atoms with E-state index in [-0.39, 0.29) is 6.61 Å². The topological polar surface area (TPSA) is 58.6 Å². The van der Waals surface area contributed by atoms with E-state index < -0.39 is 8.25 Å². The first-order valence-corrected chi connectivity index (χ1v) is 11.4. The van der Waals surface area contributed by atoms with Crippen LogP contribution in [0.1, 0.15) is 42.4 Å². The Labute approximate surface area is 176 Å². The molecule has 6 heteroatoms. The summed E-state index contributed by atoms with van der Waals surface area (Å²) in [5.41, 5.74) is 3.56. The Morgan fingerprint density at radius 3 is 2.64 bits per heavy atom. The van der Waals surface area contributed by atoms with E-state index in [9.17, 15) is 4.57 Å². The molecule has 0 saturated heterocycles. The fraction of sp³-hybridized carbons (Fsp3) is 0.364. The van der Waals surface area contributed by atoms with Crippen LogP contribution in [0.25, 0.3) is 0 Å². The fourth-order valence-electron chi connectivity index (χ4n) is 2.69. The first kappa shape index (κ1) is 22.7. The minimum Gasteiger partial charge on any atom is -0.313 e. The van der Waals surface area contributed by atoms with Crippen molar-refractivity contribution in [3.05, 3.63) is 69.7 Å². The van der Waals surface area contributed by atoms with E-state index in [4.69, 9.17) is 4.89 Å². The van der Waals surface area contributed by atoms with Crippen LogP contribution in [0.5, 0.6) is 0 Å². The van der Waals surface area contributed by atoms with Gasteiger partial charge in [-0.15, -0.1) is 9.42 Å². The molecule has 2 rings (SSSR count). The number of rotatable bonds is 11. The fourth-order valence-corrected chi connectivity index (χ4v) is 3.50. The third-order valence-corrected chi connectivity index (χ3v) is 5.20. The molecule has 148 valence electrons. The van der Waals surface area contributed by atoms with Crippen molar-refractivity contribution in [2.24, 2.45) is 0 Å². The number of hydrogen-bond acceptors (Lipinski definition) is 3. The summed E-state index contributed by atoms with van der Waals surface area (Å²) >= 11 is 3.60. The van der Waals surface area contributed by atoms with Gasteiger partial charge < -0.3 is 5.32 Å². The summed E-state index contributed by atoms with van der Waals surface area (Å²) < 4.78 is 16.0. The van der Waals surface area contributed by atoms with Crippen LogP contribution in [0, 0.1) is 11.8 Å². The number of unbranched alkanes of at least 4 members (excludes halogenated alkanes) is 2. The monoisotopic (exact) mass is 462 g/mol. The Kier molecular flexibility index (Phi) is 11.1. The molecule has 28 heavy (non-hydrogen) atoms. The Bertz CT molecular complexity index is 802. The smallest absolute Gasteiger partial charge is 0.313 e. The lowest BCUT2D eigenvalue weighted by atomic mass is 10.1. The van der Waals surface area contributed by atoms with Gasteiger partial charge in [-0.25, -0.2) is 0 Å². The van der Waals surface area contributed by atoms with Gasteiger partial charge in [0.25, 0.3) is 0 Å². The first-order chi connectivity index (χ1) is 13.6. The molecule has 0 heterocycles. The molecule has 0 aromatic heterocycles. The van der Waals surface area contributed by atoms with Crippen LogP contribution in [-0.2, 0) is 22.1 Å².